The van der Waals surface area contributed by atoms with Crippen LogP contribution in [0.1, 0.15) is 38.5 Å². The number of nitrogens with one attached hydrogen (secondary N) is 1. The molecule has 19 heavy (non-hydrogen) atoms. The third-order valence-electron chi connectivity index (χ3n) is 4.20. The van der Waals surface area contributed by atoms with Crippen molar-refractivity contribution in [1.82, 2.24) is 9.97 Å². The topological polar surface area (TPSA) is 57.9 Å². The molecule has 4 heteroatoms. The molecule has 0 bridgehead atoms. The van der Waals surface area contributed by atoms with E-state index in [-0.39, 0.29) is 0 Å². The number of nitrogens with zero attached hydrogens (tertiary/aromatic N) is 2. The number of H-pyrrole nitrogens is 1. The van der Waals surface area contributed by atoms with Gasteiger partial charge < -0.3 is 15.6 Å². The van der Waals surface area contributed by atoms with Crippen LogP contribution >= 0.6 is 0 Å². The van der Waals surface area contributed by atoms with Gasteiger partial charge in [-0.1, -0.05) is 25.7 Å². The zero-order valence-electron chi connectivity index (χ0n) is 11.5. The van der Waals surface area contributed by atoms with Crippen LogP contribution in [-0.4, -0.2) is 23.1 Å². The highest BCUT2D eigenvalue weighted by atomic mass is 15.3. The van der Waals surface area contributed by atoms with Crippen molar-refractivity contribution in [2.24, 2.45) is 0 Å². The van der Waals surface area contributed by atoms with Gasteiger partial charge in [-0.3, -0.25) is 0 Å². The van der Waals surface area contributed by atoms with E-state index in [2.05, 4.69) is 21.9 Å². The number of aromatic nitrogens is 2. The Morgan fingerprint density at radius 2 is 1.95 bits per heavy atom. The second-order valence-corrected chi connectivity index (χ2v) is 5.59. The maximum absolute atomic E-state index is 5.81. The van der Waals surface area contributed by atoms with Gasteiger partial charge in [0.1, 0.15) is 0 Å². The van der Waals surface area contributed by atoms with E-state index in [1.165, 1.54) is 38.5 Å². The number of benzene rings is 1. The Kier molecular flexibility index (Phi) is 3.32. The van der Waals surface area contributed by atoms with E-state index < -0.39 is 0 Å². The predicted molar refractivity (Wildman–Crippen MR) is 80.4 cm³/mol. The first-order valence-electron chi connectivity index (χ1n) is 7.22. The normalized spacial score (nSPS) is 17.5. The minimum atomic E-state index is 0.611. The Bertz CT molecular complexity index is 552. The number of nitrogen functional groups attached to an aromatic ring is 1. The second kappa shape index (κ2) is 5.11. The highest BCUT2D eigenvalue weighted by Gasteiger charge is 2.19. The molecule has 102 valence electrons. The van der Waals surface area contributed by atoms with Crippen LogP contribution in [0.3, 0.4) is 0 Å². The molecule has 1 heterocycles. The molecular weight excluding hydrogens is 236 g/mol. The number of fused-ring (bicyclic) bond motifs is 1. The summed E-state index contributed by atoms with van der Waals surface area (Å²) < 4.78 is 0. The minimum absolute atomic E-state index is 0.611. The van der Waals surface area contributed by atoms with E-state index in [0.29, 0.717) is 6.04 Å². The highest BCUT2D eigenvalue weighted by Crippen LogP contribution is 2.26. The van der Waals surface area contributed by atoms with Crippen molar-refractivity contribution in [1.29, 1.82) is 0 Å². The lowest BCUT2D eigenvalue weighted by atomic mass is 10.1. The molecule has 1 saturated carbocycles. The lowest BCUT2D eigenvalue weighted by Crippen LogP contribution is -2.31. The van der Waals surface area contributed by atoms with E-state index >= 15 is 0 Å². The van der Waals surface area contributed by atoms with Gasteiger partial charge in [0.25, 0.3) is 0 Å². The Hall–Kier alpha value is -1.71. The van der Waals surface area contributed by atoms with Gasteiger partial charge in [-0.15, -0.1) is 0 Å². The van der Waals surface area contributed by atoms with Gasteiger partial charge in [0.05, 0.1) is 11.0 Å². The molecule has 0 amide bonds. The van der Waals surface area contributed by atoms with Crippen molar-refractivity contribution >= 4 is 22.7 Å². The van der Waals surface area contributed by atoms with Crippen LogP contribution in [0.4, 0.5) is 11.6 Å². The van der Waals surface area contributed by atoms with E-state index in [1.807, 2.05) is 18.2 Å². The molecule has 0 saturated heterocycles. The lowest BCUT2D eigenvalue weighted by molar-refractivity contribution is 0.546. The fourth-order valence-corrected chi connectivity index (χ4v) is 3.00. The Balaban J connectivity index is 1.85. The molecule has 0 radical (unpaired) electrons. The molecule has 2 aromatic rings. The number of imidazole rings is 1. The molecule has 1 aliphatic rings. The van der Waals surface area contributed by atoms with Crippen LogP contribution in [0.25, 0.3) is 11.0 Å². The van der Waals surface area contributed by atoms with Gasteiger partial charge in [0.2, 0.25) is 5.95 Å². The third-order valence-corrected chi connectivity index (χ3v) is 4.20. The monoisotopic (exact) mass is 258 g/mol. The summed E-state index contributed by atoms with van der Waals surface area (Å²) in [4.78, 5) is 10.4. The Morgan fingerprint density at radius 3 is 2.68 bits per heavy atom. The summed E-state index contributed by atoms with van der Waals surface area (Å²) in [6, 6.07) is 6.44. The maximum Gasteiger partial charge on any atom is 0.203 e. The molecule has 1 aromatic heterocycles. The molecule has 4 nitrogen and oxygen atoms in total. The lowest BCUT2D eigenvalue weighted by Gasteiger charge is -2.26. The number of aromatic amines is 1. The molecule has 3 rings (SSSR count). The zero-order chi connectivity index (χ0) is 13.2. The quantitative estimate of drug-likeness (QED) is 0.642. The van der Waals surface area contributed by atoms with Gasteiger partial charge >= 0.3 is 0 Å². The smallest absolute Gasteiger partial charge is 0.203 e. The molecule has 0 unspecified atom stereocenters. The van der Waals surface area contributed by atoms with Crippen molar-refractivity contribution in [3.63, 3.8) is 0 Å². The molecule has 1 fully saturated rings. The zero-order valence-corrected chi connectivity index (χ0v) is 11.5. The van der Waals surface area contributed by atoms with Crippen molar-refractivity contribution < 1.29 is 0 Å². The molecular formula is C15H22N4. The standard InChI is InChI=1S/C15H22N4/c1-19(12-6-4-2-3-5-7-12)15-17-13-9-8-11(16)10-14(13)18-15/h8-10,12H,2-7,16H2,1H3,(H,17,18). The van der Waals surface area contributed by atoms with Crippen LogP contribution in [0.2, 0.25) is 0 Å². The fraction of sp³-hybridized carbons (Fsp3) is 0.533. The number of rotatable bonds is 2. The number of hydrogen-bond donors (Lipinski definition) is 2. The summed E-state index contributed by atoms with van der Waals surface area (Å²) in [7, 11) is 2.15. The summed E-state index contributed by atoms with van der Waals surface area (Å²) in [6.45, 7) is 0. The van der Waals surface area contributed by atoms with Gasteiger partial charge in [-0.25, -0.2) is 4.98 Å². The summed E-state index contributed by atoms with van der Waals surface area (Å²) in [5.41, 5.74) is 8.60. The number of nitrogens with two attached hydrogens (primary N) is 1. The van der Waals surface area contributed by atoms with Crippen LogP contribution in [0.15, 0.2) is 18.2 Å². The molecule has 0 spiro atoms. The average molecular weight is 258 g/mol. The first-order chi connectivity index (χ1) is 9.24. The third kappa shape index (κ3) is 2.53. The highest BCUT2D eigenvalue weighted by molar-refractivity contribution is 5.80. The van der Waals surface area contributed by atoms with Crippen molar-refractivity contribution in [2.45, 2.75) is 44.6 Å². The first kappa shape index (κ1) is 12.3. The van der Waals surface area contributed by atoms with E-state index in [0.717, 1.165) is 22.7 Å². The second-order valence-electron chi connectivity index (χ2n) is 5.59. The van der Waals surface area contributed by atoms with E-state index in [1.54, 1.807) is 0 Å². The van der Waals surface area contributed by atoms with Crippen LogP contribution in [-0.2, 0) is 0 Å². The molecule has 0 aliphatic heterocycles. The summed E-state index contributed by atoms with van der Waals surface area (Å²) in [6.07, 6.45) is 7.97. The van der Waals surface area contributed by atoms with Gasteiger partial charge in [-0.2, -0.15) is 0 Å². The maximum atomic E-state index is 5.81. The van der Waals surface area contributed by atoms with Gasteiger partial charge in [-0.05, 0) is 31.0 Å². The van der Waals surface area contributed by atoms with E-state index in [4.69, 9.17) is 5.73 Å². The van der Waals surface area contributed by atoms with Crippen molar-refractivity contribution in [2.75, 3.05) is 17.7 Å². The number of anilines is 2. The summed E-state index contributed by atoms with van der Waals surface area (Å²) in [5.74, 6) is 0.965. The van der Waals surface area contributed by atoms with Crippen LogP contribution in [0, 0.1) is 0 Å². The summed E-state index contributed by atoms with van der Waals surface area (Å²) >= 11 is 0. The molecule has 1 aliphatic carbocycles. The van der Waals surface area contributed by atoms with Gasteiger partial charge in [0, 0.05) is 18.8 Å². The SMILES string of the molecule is CN(c1nc2ccc(N)cc2[nH]1)C1CCCCCC1. The minimum Gasteiger partial charge on any atom is -0.399 e. The fourth-order valence-electron chi connectivity index (χ4n) is 3.00. The Labute approximate surface area is 114 Å². The number of hydrogen-bond acceptors (Lipinski definition) is 3. The summed E-state index contributed by atoms with van der Waals surface area (Å²) in [5, 5.41) is 0. The Morgan fingerprint density at radius 1 is 1.21 bits per heavy atom. The first-order valence-corrected chi connectivity index (χ1v) is 7.22. The largest absolute Gasteiger partial charge is 0.399 e. The van der Waals surface area contributed by atoms with E-state index in [9.17, 15) is 0 Å². The van der Waals surface area contributed by atoms with Crippen LogP contribution in [0.5, 0.6) is 0 Å². The molecule has 0 atom stereocenters. The molecule has 1 aromatic carbocycles. The van der Waals surface area contributed by atoms with Crippen molar-refractivity contribution in [3.05, 3.63) is 18.2 Å². The average Bonchev–Trinajstić information content (AvgIpc) is 2.64. The van der Waals surface area contributed by atoms with Gasteiger partial charge in [0.15, 0.2) is 0 Å². The van der Waals surface area contributed by atoms with Crippen LogP contribution < -0.4 is 10.6 Å². The van der Waals surface area contributed by atoms with Crippen molar-refractivity contribution in [3.8, 4) is 0 Å². The molecule has 3 N–H and O–H groups in total. The predicted octanol–water partition coefficient (Wildman–Crippen LogP) is 3.30.